The third-order valence-corrected chi connectivity index (χ3v) is 4.69. The molecular formula is C18H19N5O. The molecule has 24 heavy (non-hydrogen) atoms. The highest BCUT2D eigenvalue weighted by atomic mass is 16.5. The summed E-state index contributed by atoms with van der Waals surface area (Å²) in [4.78, 5) is 13.5. The lowest BCUT2D eigenvalue weighted by molar-refractivity contribution is 0.415. The third kappa shape index (κ3) is 2.42. The summed E-state index contributed by atoms with van der Waals surface area (Å²) < 4.78 is 5.23. The number of hydrogen-bond acceptors (Lipinski definition) is 6. The minimum absolute atomic E-state index is 0.246. The zero-order valence-corrected chi connectivity index (χ0v) is 13.7. The molecule has 1 aromatic heterocycles. The maximum atomic E-state index is 9.33. The van der Waals surface area contributed by atoms with Crippen molar-refractivity contribution in [2.24, 2.45) is 0 Å². The monoisotopic (exact) mass is 321 g/mol. The van der Waals surface area contributed by atoms with E-state index in [1.165, 1.54) is 12.8 Å². The number of nitriles is 1. The van der Waals surface area contributed by atoms with Crippen LogP contribution in [0.25, 0.3) is 0 Å². The lowest BCUT2D eigenvalue weighted by Crippen LogP contribution is -2.21. The summed E-state index contributed by atoms with van der Waals surface area (Å²) >= 11 is 0. The molecule has 1 aromatic carbocycles. The second-order valence-corrected chi connectivity index (χ2v) is 6.08. The molecule has 0 aliphatic carbocycles. The van der Waals surface area contributed by atoms with Crippen LogP contribution in [0.3, 0.4) is 0 Å². The minimum atomic E-state index is 0.246. The molecule has 0 spiro atoms. The number of fused-ring (bicyclic) bond motifs is 1. The van der Waals surface area contributed by atoms with E-state index < -0.39 is 0 Å². The Kier molecular flexibility index (Phi) is 3.69. The van der Waals surface area contributed by atoms with Gasteiger partial charge in [-0.05, 0) is 43.5 Å². The Hall–Kier alpha value is -2.81. The first-order valence-electron chi connectivity index (χ1n) is 8.27. The van der Waals surface area contributed by atoms with Crippen LogP contribution in [0.5, 0.6) is 5.75 Å². The molecule has 2 aromatic rings. The van der Waals surface area contributed by atoms with Crippen molar-refractivity contribution in [3.8, 4) is 11.8 Å². The van der Waals surface area contributed by atoms with E-state index in [2.05, 4.69) is 25.8 Å². The molecule has 6 heteroatoms. The van der Waals surface area contributed by atoms with Crippen molar-refractivity contribution in [1.82, 2.24) is 9.97 Å². The Morgan fingerprint density at radius 1 is 1.04 bits per heavy atom. The van der Waals surface area contributed by atoms with Crippen LogP contribution in [0, 0.1) is 11.3 Å². The molecule has 4 rings (SSSR count). The number of methoxy groups -OCH3 is 1. The van der Waals surface area contributed by atoms with E-state index in [0.29, 0.717) is 0 Å². The van der Waals surface area contributed by atoms with Gasteiger partial charge in [0.15, 0.2) is 0 Å². The molecule has 1 saturated heterocycles. The van der Waals surface area contributed by atoms with Crippen molar-refractivity contribution in [3.05, 3.63) is 35.7 Å². The fourth-order valence-electron chi connectivity index (χ4n) is 3.49. The van der Waals surface area contributed by atoms with Crippen molar-refractivity contribution < 1.29 is 4.74 Å². The molecule has 0 radical (unpaired) electrons. The lowest BCUT2D eigenvalue weighted by Gasteiger charge is -2.22. The Labute approximate surface area is 141 Å². The molecular weight excluding hydrogens is 302 g/mol. The molecule has 1 fully saturated rings. The topological polar surface area (TPSA) is 65.3 Å². The summed E-state index contributed by atoms with van der Waals surface area (Å²) in [6, 6.07) is 10.1. The van der Waals surface area contributed by atoms with E-state index in [9.17, 15) is 5.26 Å². The smallest absolute Gasteiger partial charge is 0.236 e. The van der Waals surface area contributed by atoms with Gasteiger partial charge >= 0.3 is 0 Å². The van der Waals surface area contributed by atoms with E-state index in [1.807, 2.05) is 24.3 Å². The standard InChI is InChI=1S/C18H19N5O/c1-24-14-6-4-13(5-7-14)23-11-8-15-17(22-9-2-3-10-22)20-16(12-19)21-18(15)23/h4-7H,2-3,8-11H2,1H3. The summed E-state index contributed by atoms with van der Waals surface area (Å²) in [5.74, 6) is 2.89. The van der Waals surface area contributed by atoms with E-state index in [4.69, 9.17) is 4.74 Å². The van der Waals surface area contributed by atoms with Crippen molar-refractivity contribution in [2.45, 2.75) is 19.3 Å². The quantitative estimate of drug-likeness (QED) is 0.866. The van der Waals surface area contributed by atoms with Crippen LogP contribution in [0.15, 0.2) is 24.3 Å². The highest BCUT2D eigenvalue weighted by Gasteiger charge is 2.29. The first-order chi connectivity index (χ1) is 11.8. The number of rotatable bonds is 3. The van der Waals surface area contributed by atoms with Crippen molar-refractivity contribution in [3.63, 3.8) is 0 Å². The van der Waals surface area contributed by atoms with Crippen LogP contribution < -0.4 is 14.5 Å². The second-order valence-electron chi connectivity index (χ2n) is 6.08. The number of benzene rings is 1. The van der Waals surface area contributed by atoms with Crippen LogP contribution in [0.1, 0.15) is 24.2 Å². The summed E-state index contributed by atoms with van der Waals surface area (Å²) in [5, 5.41) is 9.33. The Morgan fingerprint density at radius 3 is 2.42 bits per heavy atom. The van der Waals surface area contributed by atoms with Gasteiger partial charge in [0.25, 0.3) is 0 Å². The van der Waals surface area contributed by atoms with E-state index in [-0.39, 0.29) is 5.82 Å². The Balaban J connectivity index is 1.76. The predicted molar refractivity (Wildman–Crippen MR) is 91.9 cm³/mol. The number of nitrogens with zero attached hydrogens (tertiary/aromatic N) is 5. The maximum absolute atomic E-state index is 9.33. The molecule has 6 nitrogen and oxygen atoms in total. The number of anilines is 3. The summed E-state index contributed by atoms with van der Waals surface area (Å²) in [6.45, 7) is 2.87. The largest absolute Gasteiger partial charge is 0.497 e. The zero-order chi connectivity index (χ0) is 16.5. The normalized spacial score (nSPS) is 16.2. The molecule has 0 atom stereocenters. The van der Waals surface area contributed by atoms with Gasteiger partial charge in [-0.2, -0.15) is 5.26 Å². The van der Waals surface area contributed by atoms with Crippen molar-refractivity contribution in [1.29, 1.82) is 5.26 Å². The molecule has 2 aliphatic heterocycles. The molecule has 0 amide bonds. The Morgan fingerprint density at radius 2 is 1.75 bits per heavy atom. The van der Waals surface area contributed by atoms with Crippen molar-refractivity contribution >= 4 is 17.3 Å². The highest BCUT2D eigenvalue weighted by Crippen LogP contribution is 2.38. The first-order valence-corrected chi connectivity index (χ1v) is 8.27. The van der Waals surface area contributed by atoms with Crippen LogP contribution in [0.4, 0.5) is 17.3 Å². The van der Waals surface area contributed by atoms with Gasteiger partial charge in [-0.15, -0.1) is 0 Å². The molecule has 3 heterocycles. The molecule has 0 bridgehead atoms. The molecule has 122 valence electrons. The van der Waals surface area contributed by atoms with Gasteiger partial charge in [-0.1, -0.05) is 0 Å². The Bertz CT molecular complexity index is 790. The first kappa shape index (κ1) is 14.8. The van der Waals surface area contributed by atoms with Gasteiger partial charge in [0, 0.05) is 30.9 Å². The van der Waals surface area contributed by atoms with E-state index in [1.54, 1.807) is 7.11 Å². The van der Waals surface area contributed by atoms with E-state index >= 15 is 0 Å². The van der Waals surface area contributed by atoms with E-state index in [0.717, 1.165) is 54.7 Å². The fourth-order valence-corrected chi connectivity index (χ4v) is 3.49. The number of hydrogen-bond donors (Lipinski definition) is 0. The van der Waals surface area contributed by atoms with Gasteiger partial charge in [0.05, 0.1) is 7.11 Å². The summed E-state index contributed by atoms with van der Waals surface area (Å²) in [6.07, 6.45) is 3.27. The highest BCUT2D eigenvalue weighted by molar-refractivity contribution is 5.72. The second kappa shape index (κ2) is 6.00. The average Bonchev–Trinajstić information content (AvgIpc) is 3.30. The van der Waals surface area contributed by atoms with Crippen molar-refractivity contribution in [2.75, 3.05) is 36.5 Å². The lowest BCUT2D eigenvalue weighted by atomic mass is 10.2. The number of aromatic nitrogens is 2. The third-order valence-electron chi connectivity index (χ3n) is 4.69. The van der Waals surface area contributed by atoms with Gasteiger partial charge in [-0.3, -0.25) is 0 Å². The predicted octanol–water partition coefficient (Wildman–Crippen LogP) is 2.65. The van der Waals surface area contributed by atoms with Crippen LogP contribution >= 0.6 is 0 Å². The van der Waals surface area contributed by atoms with Crippen LogP contribution in [-0.2, 0) is 6.42 Å². The number of ether oxygens (including phenoxy) is 1. The molecule has 0 unspecified atom stereocenters. The molecule has 0 saturated carbocycles. The molecule has 0 N–H and O–H groups in total. The minimum Gasteiger partial charge on any atom is -0.497 e. The maximum Gasteiger partial charge on any atom is 0.236 e. The molecule has 2 aliphatic rings. The summed E-state index contributed by atoms with van der Waals surface area (Å²) in [5.41, 5.74) is 2.22. The fraction of sp³-hybridized carbons (Fsp3) is 0.389. The van der Waals surface area contributed by atoms with Gasteiger partial charge in [0.2, 0.25) is 5.82 Å². The van der Waals surface area contributed by atoms with Gasteiger partial charge < -0.3 is 14.5 Å². The van der Waals surface area contributed by atoms with Gasteiger partial charge in [0.1, 0.15) is 23.5 Å². The van der Waals surface area contributed by atoms with Crippen LogP contribution in [-0.4, -0.2) is 36.7 Å². The summed E-state index contributed by atoms with van der Waals surface area (Å²) in [7, 11) is 1.66. The zero-order valence-electron chi connectivity index (χ0n) is 13.7. The SMILES string of the molecule is COc1ccc(N2CCc3c(N4CCCC4)nc(C#N)nc32)cc1. The van der Waals surface area contributed by atoms with Crippen LogP contribution in [0.2, 0.25) is 0 Å². The average molecular weight is 321 g/mol. The van der Waals surface area contributed by atoms with Gasteiger partial charge in [-0.25, -0.2) is 9.97 Å².